The Kier molecular flexibility index (Phi) is 49.4. The van der Waals surface area contributed by atoms with Crippen molar-refractivity contribution in [2.45, 2.75) is 210 Å². The first-order valence-electron chi connectivity index (χ1n) is 25.5. The van der Waals surface area contributed by atoms with E-state index >= 15 is 0 Å². The second-order valence-corrected chi connectivity index (χ2v) is 14.7. The number of fused-ring (bicyclic) bond motifs is 2. The van der Waals surface area contributed by atoms with Crippen molar-refractivity contribution in [2.24, 2.45) is 0 Å². The summed E-state index contributed by atoms with van der Waals surface area (Å²) in [6.45, 7) is 49.3. The second kappa shape index (κ2) is 47.2. The van der Waals surface area contributed by atoms with Crippen LogP contribution in [0.4, 0.5) is 0 Å². The van der Waals surface area contributed by atoms with Crippen LogP contribution in [0.25, 0.3) is 21.9 Å². The molecule has 0 aliphatic rings. The molecular weight excluding hydrogens is 855 g/mol. The highest BCUT2D eigenvalue weighted by Gasteiger charge is 2.04. The van der Waals surface area contributed by atoms with Crippen LogP contribution in [0.5, 0.6) is 0 Å². The lowest BCUT2D eigenvalue weighted by molar-refractivity contribution is 0.472. The fraction of sp³-hybridized carbons (Fsp3) is 0.554. The smallest absolute Gasteiger partial charge is 0.137 e. The maximum atomic E-state index is 4.32. The van der Waals surface area contributed by atoms with Crippen molar-refractivity contribution in [1.82, 2.24) is 63.7 Å². The molecule has 6 heterocycles. The zero-order valence-electron chi connectivity index (χ0n) is 47.4. The largest absolute Gasteiger partial charge is 0.352 e. The third-order valence-electron chi connectivity index (χ3n) is 8.06. The molecule has 0 amide bonds. The fourth-order valence-corrected chi connectivity index (χ4v) is 4.86. The summed E-state index contributed by atoms with van der Waals surface area (Å²) >= 11 is 0. The van der Waals surface area contributed by atoms with Gasteiger partial charge in [0.15, 0.2) is 0 Å². The summed E-state index contributed by atoms with van der Waals surface area (Å²) in [6.07, 6.45) is 16.8. The molecule has 6 aromatic heterocycles. The molecule has 0 aliphatic carbocycles. The van der Waals surface area contributed by atoms with E-state index in [0.717, 1.165) is 11.0 Å². The number of aromatic nitrogens is 13. The fourth-order valence-electron chi connectivity index (χ4n) is 4.86. The van der Waals surface area contributed by atoms with Gasteiger partial charge in [-0.15, -0.1) is 0 Å². The van der Waals surface area contributed by atoms with E-state index in [2.05, 4.69) is 148 Å². The van der Waals surface area contributed by atoms with Crippen LogP contribution in [-0.2, 0) is 0 Å². The van der Waals surface area contributed by atoms with E-state index in [-0.39, 0.29) is 7.43 Å². The van der Waals surface area contributed by atoms with Crippen LogP contribution < -0.4 is 0 Å². The highest BCUT2D eigenvalue weighted by atomic mass is 15.5. The van der Waals surface area contributed by atoms with Crippen molar-refractivity contribution >= 4 is 21.9 Å². The maximum absolute atomic E-state index is 4.32. The van der Waals surface area contributed by atoms with Gasteiger partial charge in [0, 0.05) is 72.8 Å². The van der Waals surface area contributed by atoms with E-state index < -0.39 is 0 Å². The lowest BCUT2D eigenvalue weighted by Crippen LogP contribution is -2.03. The summed E-state index contributed by atoms with van der Waals surface area (Å²) < 4.78 is 9.84. The minimum Gasteiger partial charge on any atom is -0.352 e. The Hall–Kier alpha value is -5.85. The minimum atomic E-state index is 0. The van der Waals surface area contributed by atoms with Gasteiger partial charge < -0.3 is 4.57 Å². The molecule has 392 valence electrons. The molecule has 0 saturated carbocycles. The molecule has 0 aliphatic heterocycles. The van der Waals surface area contributed by atoms with Crippen LogP contribution in [0.1, 0.15) is 210 Å². The van der Waals surface area contributed by atoms with E-state index in [0.29, 0.717) is 36.3 Å². The summed E-state index contributed by atoms with van der Waals surface area (Å²) in [4.78, 5) is 5.54. The van der Waals surface area contributed by atoms with Crippen LogP contribution in [0.2, 0.25) is 0 Å². The zero-order chi connectivity index (χ0) is 53.0. The maximum Gasteiger partial charge on any atom is 0.137 e. The third-order valence-corrected chi connectivity index (χ3v) is 8.06. The summed E-state index contributed by atoms with van der Waals surface area (Å²) in [5.74, 6) is 0. The Labute approximate surface area is 422 Å². The van der Waals surface area contributed by atoms with E-state index in [1.54, 1.807) is 34.5 Å². The summed E-state index contributed by atoms with van der Waals surface area (Å²) in [7, 11) is 0. The highest BCUT2D eigenvalue weighted by molar-refractivity contribution is 5.78. The average Bonchev–Trinajstić information content (AvgIpc) is 4.23. The molecule has 8 rings (SSSR count). The van der Waals surface area contributed by atoms with Gasteiger partial charge in [-0.25, -0.2) is 4.98 Å². The molecule has 69 heavy (non-hydrogen) atoms. The number of benzene rings is 2. The molecule has 0 N–H and O–H groups in total. The van der Waals surface area contributed by atoms with Gasteiger partial charge in [0.25, 0.3) is 0 Å². The van der Waals surface area contributed by atoms with E-state index in [1.165, 1.54) is 10.9 Å². The molecule has 0 atom stereocenters. The van der Waals surface area contributed by atoms with E-state index in [9.17, 15) is 0 Å². The van der Waals surface area contributed by atoms with Crippen molar-refractivity contribution in [3.05, 3.63) is 129 Å². The molecule has 8 aromatic rings. The van der Waals surface area contributed by atoms with Gasteiger partial charge in [-0.1, -0.05) is 121 Å². The molecule has 0 unspecified atom stereocenters. The van der Waals surface area contributed by atoms with Crippen LogP contribution in [0, 0.1) is 0 Å². The standard InChI is InChI=1S/C10H12N2.C9H11N3.C7H11N.2C6H10N2.C5H9N3.6C2H6.CH4/c1-8(2)12-10-6-4-3-5-9(10)7-11-12;1-7(2)12-10-8-5-3-4-6-9(8)11-12;1-7(2)8-5-3-4-6-8;2*1-6(2)8-5-3-4-7-8;1-5(2)8-4-6-3-7-8;6*1-2;/h3-8H,1-2H3;3-7H,1-2H3;3-7H,1-2H3;2*3-6H,1-2H3;3-5H,1-2H3;6*1-2H3;1H4. The average molecular weight is 959 g/mol. The van der Waals surface area contributed by atoms with Gasteiger partial charge in [0.05, 0.1) is 17.8 Å². The van der Waals surface area contributed by atoms with Gasteiger partial charge in [0.1, 0.15) is 23.7 Å². The lowest BCUT2D eigenvalue weighted by Gasteiger charge is -2.05. The molecule has 2 aromatic carbocycles. The number of hydrogen-bond donors (Lipinski definition) is 0. The van der Waals surface area contributed by atoms with Gasteiger partial charge >= 0.3 is 0 Å². The summed E-state index contributed by atoms with van der Waals surface area (Å²) in [5.41, 5.74) is 3.14. The van der Waals surface area contributed by atoms with Gasteiger partial charge in [-0.2, -0.15) is 35.4 Å². The van der Waals surface area contributed by atoms with Gasteiger partial charge in [-0.3, -0.25) is 18.7 Å². The number of nitrogens with zero attached hydrogens (tertiary/aromatic N) is 13. The van der Waals surface area contributed by atoms with Crippen LogP contribution in [-0.4, -0.2) is 63.7 Å². The molecule has 0 bridgehead atoms. The van der Waals surface area contributed by atoms with Crippen molar-refractivity contribution < 1.29 is 0 Å². The predicted molar refractivity (Wildman–Crippen MR) is 303 cm³/mol. The lowest BCUT2D eigenvalue weighted by atomic mass is 10.2. The van der Waals surface area contributed by atoms with E-state index in [4.69, 9.17) is 0 Å². The van der Waals surface area contributed by atoms with E-state index in [1.807, 2.05) is 176 Å². The SMILES string of the molecule is C.CC.CC.CC.CC.CC.CC.CC(C)n1cccc1.CC(C)n1cccn1.CC(C)n1cccn1.CC(C)n1cncn1.CC(C)n1nc2ccccc2n1.CC(C)n1ncc2ccccc21. The molecule has 13 heteroatoms. The van der Waals surface area contributed by atoms with Crippen molar-refractivity contribution in [3.63, 3.8) is 0 Å². The Balaban J connectivity index is -0.000000228. The van der Waals surface area contributed by atoms with Crippen molar-refractivity contribution in [2.75, 3.05) is 0 Å². The summed E-state index contributed by atoms with van der Waals surface area (Å²) in [6, 6.07) is 26.9. The minimum absolute atomic E-state index is 0. The van der Waals surface area contributed by atoms with Gasteiger partial charge in [-0.05, 0) is 126 Å². The first kappa shape index (κ1) is 72.1. The molecule has 0 spiro atoms. The normalized spacial score (nSPS) is 9.25. The number of para-hydroxylation sites is 1. The first-order chi connectivity index (χ1) is 32.8. The molecule has 0 radical (unpaired) electrons. The predicted octanol–water partition coefficient (Wildman–Crippen LogP) is 17.3. The van der Waals surface area contributed by atoms with Crippen molar-refractivity contribution in [1.29, 1.82) is 0 Å². The second-order valence-electron chi connectivity index (χ2n) is 14.7. The Morgan fingerprint density at radius 2 is 0.812 bits per heavy atom. The van der Waals surface area contributed by atoms with Crippen LogP contribution in [0.3, 0.4) is 0 Å². The topological polar surface area (TPSA) is 120 Å². The Bertz CT molecular complexity index is 1920. The number of rotatable bonds is 6. The molecule has 0 saturated heterocycles. The van der Waals surface area contributed by atoms with Gasteiger partial charge in [0.2, 0.25) is 0 Å². The van der Waals surface area contributed by atoms with Crippen LogP contribution in [0.15, 0.2) is 129 Å². The first-order valence-corrected chi connectivity index (χ1v) is 25.5. The zero-order valence-corrected chi connectivity index (χ0v) is 47.4. The molecule has 13 nitrogen and oxygen atoms in total. The third kappa shape index (κ3) is 31.0. The summed E-state index contributed by atoms with van der Waals surface area (Å²) in [5, 5.41) is 26.1. The monoisotopic (exact) mass is 958 g/mol. The highest BCUT2D eigenvalue weighted by Crippen LogP contribution is 2.16. The Morgan fingerprint density at radius 1 is 0.391 bits per heavy atom. The van der Waals surface area contributed by atoms with Crippen molar-refractivity contribution in [3.8, 4) is 0 Å². The molecule has 0 fully saturated rings. The molecular formula is C56H103N13. The Morgan fingerprint density at radius 3 is 1.10 bits per heavy atom. The van der Waals surface area contributed by atoms with Crippen LogP contribution >= 0.6 is 0 Å². The quantitative estimate of drug-likeness (QED) is 0.163. The number of hydrogen-bond acceptors (Lipinski definition) is 7.